The summed E-state index contributed by atoms with van der Waals surface area (Å²) in [5.74, 6) is 1.34. The highest BCUT2D eigenvalue weighted by Crippen LogP contribution is 2.27. The van der Waals surface area contributed by atoms with Crippen molar-refractivity contribution in [3.8, 4) is 11.4 Å². The molecule has 6 heteroatoms. The number of hydrogen-bond donors (Lipinski definition) is 2. The first-order chi connectivity index (χ1) is 13.4. The number of aromatic nitrogens is 3. The van der Waals surface area contributed by atoms with Crippen molar-refractivity contribution in [3.05, 3.63) is 59.3 Å². The molecular weight excluding hydrogens is 348 g/mol. The third-order valence-corrected chi connectivity index (χ3v) is 4.43. The minimum Gasteiger partial charge on any atom is -0.353 e. The van der Waals surface area contributed by atoms with Gasteiger partial charge in [-0.25, -0.2) is 4.98 Å². The molecule has 0 aliphatic carbocycles. The largest absolute Gasteiger partial charge is 0.353 e. The summed E-state index contributed by atoms with van der Waals surface area (Å²) in [6.45, 7) is 8.00. The molecule has 0 radical (unpaired) electrons. The zero-order chi connectivity index (χ0) is 20.1. The van der Waals surface area contributed by atoms with Crippen LogP contribution in [0, 0.1) is 20.8 Å². The number of benzene rings is 1. The fraction of sp³-hybridized carbons (Fsp3) is 0.318. The van der Waals surface area contributed by atoms with Crippen LogP contribution in [0.25, 0.3) is 11.4 Å². The van der Waals surface area contributed by atoms with Gasteiger partial charge in [-0.2, -0.15) is 4.98 Å². The normalized spacial score (nSPS) is 10.9. The Morgan fingerprint density at radius 3 is 2.32 bits per heavy atom. The topological polar surface area (TPSA) is 66.0 Å². The lowest BCUT2D eigenvalue weighted by atomic mass is 10.1. The van der Waals surface area contributed by atoms with Crippen molar-refractivity contribution in [1.82, 2.24) is 19.9 Å². The van der Waals surface area contributed by atoms with Gasteiger partial charge < -0.3 is 15.5 Å². The van der Waals surface area contributed by atoms with Gasteiger partial charge in [-0.05, 0) is 58.1 Å². The summed E-state index contributed by atoms with van der Waals surface area (Å²) in [4.78, 5) is 15.9. The summed E-state index contributed by atoms with van der Waals surface area (Å²) in [6, 6.07) is 12.1. The van der Waals surface area contributed by atoms with Crippen LogP contribution in [-0.2, 0) is 0 Å². The van der Waals surface area contributed by atoms with Crippen molar-refractivity contribution in [2.45, 2.75) is 20.8 Å². The molecule has 0 aliphatic heterocycles. The molecule has 0 atom stereocenters. The second-order valence-corrected chi connectivity index (χ2v) is 7.31. The summed E-state index contributed by atoms with van der Waals surface area (Å²) in [5, 5.41) is 6.81. The SMILES string of the molecule is Cc1cc(C)c(Nc2cc(-c3ccccn3)nc(NCCN(C)C)n2)c(C)c1. The van der Waals surface area contributed by atoms with Gasteiger partial charge in [0.25, 0.3) is 0 Å². The molecule has 28 heavy (non-hydrogen) atoms. The fourth-order valence-corrected chi connectivity index (χ4v) is 3.13. The number of aryl methyl sites for hydroxylation is 3. The highest BCUT2D eigenvalue weighted by atomic mass is 15.2. The van der Waals surface area contributed by atoms with Crippen LogP contribution in [0.4, 0.5) is 17.5 Å². The highest BCUT2D eigenvalue weighted by molar-refractivity contribution is 5.69. The molecule has 0 saturated carbocycles. The molecule has 0 saturated heterocycles. The Labute approximate surface area is 167 Å². The lowest BCUT2D eigenvalue weighted by molar-refractivity contribution is 0.425. The van der Waals surface area contributed by atoms with E-state index in [2.05, 4.69) is 63.4 Å². The van der Waals surface area contributed by atoms with E-state index in [-0.39, 0.29) is 0 Å². The van der Waals surface area contributed by atoms with Crippen LogP contribution in [0.2, 0.25) is 0 Å². The number of pyridine rings is 1. The van der Waals surface area contributed by atoms with Gasteiger partial charge in [-0.1, -0.05) is 23.8 Å². The smallest absolute Gasteiger partial charge is 0.225 e. The third-order valence-electron chi connectivity index (χ3n) is 4.43. The average Bonchev–Trinajstić information content (AvgIpc) is 2.65. The second kappa shape index (κ2) is 8.80. The first-order valence-corrected chi connectivity index (χ1v) is 9.46. The van der Waals surface area contributed by atoms with E-state index in [0.29, 0.717) is 5.95 Å². The summed E-state index contributed by atoms with van der Waals surface area (Å²) in [7, 11) is 4.09. The number of hydrogen-bond acceptors (Lipinski definition) is 6. The molecule has 0 fully saturated rings. The molecule has 2 aromatic heterocycles. The second-order valence-electron chi connectivity index (χ2n) is 7.31. The van der Waals surface area contributed by atoms with E-state index in [4.69, 9.17) is 0 Å². The van der Waals surface area contributed by atoms with Crippen LogP contribution < -0.4 is 10.6 Å². The average molecular weight is 377 g/mol. The van der Waals surface area contributed by atoms with Crippen molar-refractivity contribution in [1.29, 1.82) is 0 Å². The Hall–Kier alpha value is -2.99. The molecule has 3 aromatic rings. The lowest BCUT2D eigenvalue weighted by Gasteiger charge is -2.16. The Kier molecular flexibility index (Phi) is 6.21. The van der Waals surface area contributed by atoms with E-state index in [1.807, 2.05) is 38.4 Å². The van der Waals surface area contributed by atoms with Crippen LogP contribution in [0.15, 0.2) is 42.6 Å². The van der Waals surface area contributed by atoms with E-state index in [1.54, 1.807) is 6.20 Å². The third kappa shape index (κ3) is 5.04. The Morgan fingerprint density at radius 2 is 1.68 bits per heavy atom. The first kappa shape index (κ1) is 19.8. The Morgan fingerprint density at radius 1 is 0.929 bits per heavy atom. The van der Waals surface area contributed by atoms with Gasteiger partial charge in [0, 0.05) is 31.0 Å². The van der Waals surface area contributed by atoms with E-state index < -0.39 is 0 Å². The van der Waals surface area contributed by atoms with Crippen molar-refractivity contribution in [3.63, 3.8) is 0 Å². The van der Waals surface area contributed by atoms with E-state index >= 15 is 0 Å². The summed E-state index contributed by atoms with van der Waals surface area (Å²) in [6.07, 6.45) is 1.78. The quantitative estimate of drug-likeness (QED) is 0.645. The molecule has 0 aliphatic rings. The van der Waals surface area contributed by atoms with Gasteiger partial charge in [-0.3, -0.25) is 4.98 Å². The summed E-state index contributed by atoms with van der Waals surface area (Å²) >= 11 is 0. The Bertz CT molecular complexity index is 914. The Balaban J connectivity index is 1.95. The molecule has 1 aromatic carbocycles. The maximum atomic E-state index is 4.68. The van der Waals surface area contributed by atoms with Crippen LogP contribution in [0.3, 0.4) is 0 Å². The van der Waals surface area contributed by atoms with Crippen LogP contribution >= 0.6 is 0 Å². The molecule has 146 valence electrons. The monoisotopic (exact) mass is 376 g/mol. The van der Waals surface area contributed by atoms with E-state index in [9.17, 15) is 0 Å². The molecule has 6 nitrogen and oxygen atoms in total. The van der Waals surface area contributed by atoms with Crippen molar-refractivity contribution >= 4 is 17.5 Å². The van der Waals surface area contributed by atoms with Gasteiger partial charge >= 0.3 is 0 Å². The van der Waals surface area contributed by atoms with Gasteiger partial charge in [0.05, 0.1) is 11.4 Å². The molecule has 2 N–H and O–H groups in total. The van der Waals surface area contributed by atoms with Crippen molar-refractivity contribution < 1.29 is 0 Å². The van der Waals surface area contributed by atoms with Gasteiger partial charge in [0.2, 0.25) is 5.95 Å². The predicted octanol–water partition coefficient (Wildman–Crippen LogP) is 4.18. The molecule has 0 spiro atoms. The minimum atomic E-state index is 0.593. The molecule has 0 amide bonds. The number of likely N-dealkylation sites (N-methyl/N-ethyl adjacent to an activating group) is 1. The minimum absolute atomic E-state index is 0.593. The van der Waals surface area contributed by atoms with Crippen molar-refractivity contribution in [2.75, 3.05) is 37.8 Å². The van der Waals surface area contributed by atoms with Crippen LogP contribution in [0.1, 0.15) is 16.7 Å². The maximum absolute atomic E-state index is 4.68. The first-order valence-electron chi connectivity index (χ1n) is 9.46. The molecule has 0 bridgehead atoms. The number of nitrogens with one attached hydrogen (secondary N) is 2. The van der Waals surface area contributed by atoms with Crippen LogP contribution in [-0.4, -0.2) is 47.0 Å². The fourth-order valence-electron chi connectivity index (χ4n) is 3.13. The lowest BCUT2D eigenvalue weighted by Crippen LogP contribution is -2.21. The van der Waals surface area contributed by atoms with Gasteiger partial charge in [0.15, 0.2) is 0 Å². The zero-order valence-electron chi connectivity index (χ0n) is 17.2. The highest BCUT2D eigenvalue weighted by Gasteiger charge is 2.10. The summed E-state index contributed by atoms with van der Waals surface area (Å²) in [5.41, 5.74) is 6.32. The van der Waals surface area contributed by atoms with Crippen LogP contribution in [0.5, 0.6) is 0 Å². The van der Waals surface area contributed by atoms with E-state index in [1.165, 1.54) is 16.7 Å². The molecule has 3 rings (SSSR count). The van der Waals surface area contributed by atoms with Crippen molar-refractivity contribution in [2.24, 2.45) is 0 Å². The molecular formula is C22H28N6. The molecule has 2 heterocycles. The van der Waals surface area contributed by atoms with Gasteiger partial charge in [-0.15, -0.1) is 0 Å². The molecule has 0 unspecified atom stereocenters. The number of anilines is 3. The van der Waals surface area contributed by atoms with Gasteiger partial charge in [0.1, 0.15) is 5.82 Å². The summed E-state index contributed by atoms with van der Waals surface area (Å²) < 4.78 is 0. The predicted molar refractivity (Wildman–Crippen MR) is 116 cm³/mol. The standard InChI is InChI=1S/C22H28N6/c1-15-12-16(2)21(17(3)13-15)26-20-14-19(18-8-6-7-9-23-18)25-22(27-20)24-10-11-28(4)5/h6-9,12-14H,10-11H2,1-5H3,(H2,24,25,26,27). The van der Waals surface area contributed by atoms with E-state index in [0.717, 1.165) is 36.0 Å². The number of rotatable bonds is 7. The number of nitrogens with zero attached hydrogens (tertiary/aromatic N) is 4. The maximum Gasteiger partial charge on any atom is 0.225 e. The zero-order valence-corrected chi connectivity index (χ0v) is 17.2.